The monoisotopic (exact) mass is 752 g/mol. The van der Waals surface area contributed by atoms with Gasteiger partial charge in [0.25, 0.3) is 0 Å². The van der Waals surface area contributed by atoms with Crippen molar-refractivity contribution in [3.05, 3.63) is 108 Å². The summed E-state index contributed by atoms with van der Waals surface area (Å²) >= 11 is 0. The predicted molar refractivity (Wildman–Crippen MR) is 218 cm³/mol. The molecule has 0 saturated heterocycles. The van der Waals surface area contributed by atoms with Crippen molar-refractivity contribution in [3.63, 3.8) is 0 Å². The number of nitrogens with one attached hydrogen (secondary N) is 2. The molecule has 0 spiro atoms. The first-order valence-corrected chi connectivity index (χ1v) is 19.3. The van der Waals surface area contributed by atoms with E-state index in [-0.39, 0.29) is 23.1 Å². The topological polar surface area (TPSA) is 172 Å². The summed E-state index contributed by atoms with van der Waals surface area (Å²) in [6.07, 6.45) is 8.15. The number of hydrogen-bond acceptors (Lipinski definition) is 14. The van der Waals surface area contributed by atoms with E-state index in [0.29, 0.717) is 23.5 Å². The molecule has 0 unspecified atom stereocenters. The lowest BCUT2D eigenvalue weighted by Crippen LogP contribution is -2.27. The lowest BCUT2D eigenvalue weighted by Gasteiger charge is -2.28. The zero-order chi connectivity index (χ0) is 37.5. The maximum absolute atomic E-state index is 6.18. The van der Waals surface area contributed by atoms with Crippen molar-refractivity contribution in [1.29, 1.82) is 0 Å². The Bertz CT molecular complexity index is 2300. The van der Waals surface area contributed by atoms with Gasteiger partial charge in [-0.15, -0.1) is 0 Å². The molecule has 2 aliphatic rings. The summed E-state index contributed by atoms with van der Waals surface area (Å²) in [6.45, 7) is 8.07. The number of rotatable bonds is 9. The Hall–Kier alpha value is -6.12. The molecule has 0 fully saturated rings. The second-order valence-corrected chi connectivity index (χ2v) is 15.9. The Morgan fingerprint density at radius 1 is 0.537 bits per heavy atom. The third-order valence-corrected chi connectivity index (χ3v) is 10.9. The van der Waals surface area contributed by atoms with E-state index in [4.69, 9.17) is 30.9 Å². The summed E-state index contributed by atoms with van der Waals surface area (Å²) in [5, 5.41) is 6.71. The van der Waals surface area contributed by atoms with Gasteiger partial charge in [-0.2, -0.15) is 29.9 Å². The molecular weight excluding hydrogens is 717 g/mol. The molecular formula is C40H36N10O2S2. The number of para-hydroxylation sites is 2. The van der Waals surface area contributed by atoms with Crippen molar-refractivity contribution in [1.82, 2.24) is 29.9 Å². The molecule has 12 nitrogen and oxygen atoms in total. The Balaban J connectivity index is 0.991. The van der Waals surface area contributed by atoms with Crippen molar-refractivity contribution in [2.45, 2.75) is 48.7 Å². The highest BCUT2D eigenvalue weighted by atomic mass is 33.1. The molecule has 0 aliphatic carbocycles. The van der Waals surface area contributed by atoms with E-state index in [1.54, 1.807) is 21.6 Å². The van der Waals surface area contributed by atoms with Crippen molar-refractivity contribution in [3.8, 4) is 34.3 Å². The fourth-order valence-electron chi connectivity index (χ4n) is 5.81. The van der Waals surface area contributed by atoms with Gasteiger partial charge in [-0.3, -0.25) is 0 Å². The van der Waals surface area contributed by atoms with Gasteiger partial charge in [-0.1, -0.05) is 58.0 Å². The standard InChI is InChI=1S/C40H36N10O2S2/c1-39(2)19-17-23-21-25(13-15-29(23)51-39)33-45-35(41)49-37(47-33)43-27-9-5-7-11-31(27)53-54-32-12-8-6-10-28(32)44-38-48-34(46-36(42)50-38)26-14-16-30-24(22-26)18-20-40(3,4)52-30/h5-22H,1-4H3,(H3,41,43,45,47,49)(H3,42,44,46,48,50). The number of nitrogen functional groups attached to an aromatic ring is 2. The molecule has 0 atom stereocenters. The molecule has 0 saturated carbocycles. The minimum atomic E-state index is -0.367. The molecule has 4 aromatic carbocycles. The van der Waals surface area contributed by atoms with Crippen molar-refractivity contribution in [2.75, 3.05) is 22.1 Å². The quantitative estimate of drug-likeness (QED) is 0.103. The third-order valence-electron chi connectivity index (χ3n) is 8.40. The van der Waals surface area contributed by atoms with Gasteiger partial charge in [-0.25, -0.2) is 0 Å². The highest BCUT2D eigenvalue weighted by Crippen LogP contribution is 2.44. The first-order chi connectivity index (χ1) is 25.9. The van der Waals surface area contributed by atoms with Crippen LogP contribution in [0.2, 0.25) is 0 Å². The summed E-state index contributed by atoms with van der Waals surface area (Å²) < 4.78 is 12.2. The number of hydrogen-bond donors (Lipinski definition) is 4. The number of benzene rings is 4. The van der Waals surface area contributed by atoms with Crippen LogP contribution in [0.3, 0.4) is 0 Å². The highest BCUT2D eigenvalue weighted by Gasteiger charge is 2.24. The van der Waals surface area contributed by atoms with Crippen LogP contribution < -0.4 is 31.6 Å². The number of nitrogens with two attached hydrogens (primary N) is 2. The normalized spacial score (nSPS) is 14.7. The Labute approximate surface area is 320 Å². The molecule has 2 aromatic heterocycles. The summed E-state index contributed by atoms with van der Waals surface area (Å²) in [5.41, 5.74) is 16.7. The zero-order valence-corrected chi connectivity index (χ0v) is 31.5. The fourth-order valence-corrected chi connectivity index (χ4v) is 8.08. The van der Waals surface area contributed by atoms with E-state index in [0.717, 1.165) is 54.9 Å². The average molecular weight is 753 g/mol. The molecule has 8 rings (SSSR count). The van der Waals surface area contributed by atoms with Gasteiger partial charge in [0, 0.05) is 32.0 Å². The molecule has 14 heteroatoms. The van der Waals surface area contributed by atoms with Crippen molar-refractivity contribution < 1.29 is 9.47 Å². The average Bonchev–Trinajstić information content (AvgIpc) is 3.13. The van der Waals surface area contributed by atoms with Gasteiger partial charge in [-0.05, 0) is 101 Å². The lowest BCUT2D eigenvalue weighted by molar-refractivity contribution is 0.158. The predicted octanol–water partition coefficient (Wildman–Crippen LogP) is 9.21. The van der Waals surface area contributed by atoms with E-state index in [9.17, 15) is 0 Å². The molecule has 4 heterocycles. The van der Waals surface area contributed by atoms with Gasteiger partial charge < -0.3 is 31.6 Å². The van der Waals surface area contributed by atoms with Gasteiger partial charge in [0.2, 0.25) is 23.8 Å². The first-order valence-electron chi connectivity index (χ1n) is 17.1. The molecule has 6 N–H and O–H groups in total. The molecule has 54 heavy (non-hydrogen) atoms. The third kappa shape index (κ3) is 7.80. The van der Waals surface area contributed by atoms with Gasteiger partial charge in [0.15, 0.2) is 11.6 Å². The van der Waals surface area contributed by atoms with Crippen LogP contribution in [0.4, 0.5) is 35.2 Å². The molecule has 0 bridgehead atoms. The van der Waals surface area contributed by atoms with E-state index >= 15 is 0 Å². The van der Waals surface area contributed by atoms with Crippen LogP contribution in [-0.4, -0.2) is 41.1 Å². The molecule has 0 amide bonds. The van der Waals surface area contributed by atoms with Crippen LogP contribution in [0.15, 0.2) is 107 Å². The van der Waals surface area contributed by atoms with Crippen molar-refractivity contribution in [2.24, 2.45) is 0 Å². The molecule has 270 valence electrons. The van der Waals surface area contributed by atoms with Crippen LogP contribution in [0.25, 0.3) is 34.9 Å². The van der Waals surface area contributed by atoms with E-state index in [2.05, 4.69) is 30.6 Å². The number of anilines is 6. The minimum absolute atomic E-state index is 0.108. The van der Waals surface area contributed by atoms with E-state index < -0.39 is 0 Å². The fraction of sp³-hybridized carbons (Fsp3) is 0.150. The maximum atomic E-state index is 6.18. The summed E-state index contributed by atoms with van der Waals surface area (Å²) in [5.74, 6) is 3.39. The minimum Gasteiger partial charge on any atom is -0.483 e. The van der Waals surface area contributed by atoms with Crippen LogP contribution in [0.1, 0.15) is 38.8 Å². The van der Waals surface area contributed by atoms with Gasteiger partial charge in [0.1, 0.15) is 22.7 Å². The SMILES string of the molecule is CC1(C)C=Cc2cc(-c3nc(N)nc(Nc4ccccc4SSc4ccccc4Nc4nc(N)nc(-c5ccc6c(c5)C=CC(C)(C)O6)n4)n3)ccc2O1. The molecule has 2 aliphatic heterocycles. The smallest absolute Gasteiger partial charge is 0.232 e. The maximum Gasteiger partial charge on any atom is 0.232 e. The summed E-state index contributed by atoms with van der Waals surface area (Å²) in [4.78, 5) is 29.0. The summed E-state index contributed by atoms with van der Waals surface area (Å²) in [7, 11) is 3.15. The van der Waals surface area contributed by atoms with E-state index in [1.165, 1.54) is 0 Å². The highest BCUT2D eigenvalue weighted by molar-refractivity contribution is 8.76. The number of nitrogens with zero attached hydrogens (tertiary/aromatic N) is 6. The summed E-state index contributed by atoms with van der Waals surface area (Å²) in [6, 6.07) is 27.5. The van der Waals surface area contributed by atoms with Crippen LogP contribution in [0, 0.1) is 0 Å². The largest absolute Gasteiger partial charge is 0.483 e. The first kappa shape index (κ1) is 34.9. The van der Waals surface area contributed by atoms with Crippen LogP contribution >= 0.6 is 21.6 Å². The van der Waals surface area contributed by atoms with E-state index in [1.807, 2.05) is 137 Å². The van der Waals surface area contributed by atoms with Gasteiger partial charge in [0.05, 0.1) is 11.4 Å². The number of aromatic nitrogens is 6. The van der Waals surface area contributed by atoms with Crippen LogP contribution in [0.5, 0.6) is 11.5 Å². The number of fused-ring (bicyclic) bond motifs is 2. The molecule has 6 aromatic rings. The second kappa shape index (κ2) is 14.0. The Morgan fingerprint density at radius 2 is 0.963 bits per heavy atom. The Morgan fingerprint density at radius 3 is 1.41 bits per heavy atom. The van der Waals surface area contributed by atoms with Crippen molar-refractivity contribution >= 4 is 68.9 Å². The zero-order valence-electron chi connectivity index (χ0n) is 29.9. The molecule has 0 radical (unpaired) electrons. The van der Waals surface area contributed by atoms with Gasteiger partial charge >= 0.3 is 0 Å². The number of ether oxygens (including phenoxy) is 2. The Kier molecular flexibility index (Phi) is 9.07. The second-order valence-electron chi connectivity index (χ2n) is 13.7. The lowest BCUT2D eigenvalue weighted by atomic mass is 10.0. The van der Waals surface area contributed by atoms with Crippen LogP contribution in [-0.2, 0) is 0 Å².